The van der Waals surface area contributed by atoms with Gasteiger partial charge < -0.3 is 14.1 Å². The van der Waals surface area contributed by atoms with Gasteiger partial charge >= 0.3 is 0 Å². The molecule has 1 aliphatic rings. The summed E-state index contributed by atoms with van der Waals surface area (Å²) in [5.41, 5.74) is 0. The Morgan fingerprint density at radius 3 is 2.70 bits per heavy atom. The summed E-state index contributed by atoms with van der Waals surface area (Å²) >= 11 is 0. The standard InChI is InChI=1S/C17H29N3O3/c1-13(2)20(11-12-22-3)16(21)10-9-15-18-19-17(23-15)14-7-5-4-6-8-14/h13-14H,4-12H2,1-3H3. The van der Waals surface area contributed by atoms with E-state index < -0.39 is 0 Å². The van der Waals surface area contributed by atoms with Crippen LogP contribution in [0.25, 0.3) is 0 Å². The van der Waals surface area contributed by atoms with Crippen LogP contribution >= 0.6 is 0 Å². The molecule has 1 saturated carbocycles. The van der Waals surface area contributed by atoms with E-state index in [1.807, 2.05) is 18.7 Å². The Balaban J connectivity index is 1.84. The molecular formula is C17H29N3O3. The second-order valence-corrected chi connectivity index (χ2v) is 6.54. The minimum absolute atomic E-state index is 0.106. The number of ether oxygens (including phenoxy) is 1. The molecule has 0 radical (unpaired) electrons. The summed E-state index contributed by atoms with van der Waals surface area (Å²) in [6.45, 7) is 5.20. The van der Waals surface area contributed by atoms with Crippen molar-refractivity contribution in [2.45, 2.75) is 70.8 Å². The molecule has 6 heteroatoms. The Morgan fingerprint density at radius 2 is 2.04 bits per heavy atom. The minimum Gasteiger partial charge on any atom is -0.425 e. The van der Waals surface area contributed by atoms with Crippen molar-refractivity contribution in [3.8, 4) is 0 Å². The van der Waals surface area contributed by atoms with Crippen LogP contribution in [0.15, 0.2) is 4.42 Å². The number of amides is 1. The molecule has 1 aliphatic carbocycles. The smallest absolute Gasteiger partial charge is 0.223 e. The molecule has 0 unspecified atom stereocenters. The van der Waals surface area contributed by atoms with E-state index in [2.05, 4.69) is 10.2 Å². The summed E-state index contributed by atoms with van der Waals surface area (Å²) in [7, 11) is 1.65. The fourth-order valence-electron chi connectivity index (χ4n) is 3.10. The molecule has 2 rings (SSSR count). The molecule has 0 bridgehead atoms. The molecule has 1 aromatic rings. The van der Waals surface area contributed by atoms with Crippen LogP contribution < -0.4 is 0 Å². The predicted octanol–water partition coefficient (Wildman–Crippen LogP) is 2.93. The summed E-state index contributed by atoms with van der Waals surface area (Å²) in [5.74, 6) is 1.85. The van der Waals surface area contributed by atoms with Gasteiger partial charge in [0.2, 0.25) is 17.7 Å². The molecule has 1 aromatic heterocycles. The maximum absolute atomic E-state index is 12.4. The maximum atomic E-state index is 12.4. The molecule has 0 aliphatic heterocycles. The number of carbonyl (C=O) groups excluding carboxylic acids is 1. The zero-order chi connectivity index (χ0) is 16.7. The molecule has 1 heterocycles. The summed E-state index contributed by atoms with van der Waals surface area (Å²) in [4.78, 5) is 14.2. The number of hydrogen-bond donors (Lipinski definition) is 0. The van der Waals surface area contributed by atoms with Gasteiger partial charge in [0.15, 0.2) is 0 Å². The van der Waals surface area contributed by atoms with Gasteiger partial charge in [-0.05, 0) is 26.7 Å². The van der Waals surface area contributed by atoms with E-state index in [0.29, 0.717) is 37.8 Å². The first kappa shape index (κ1) is 17.9. The van der Waals surface area contributed by atoms with Crippen LogP contribution in [0.1, 0.15) is 70.1 Å². The van der Waals surface area contributed by atoms with Crippen LogP contribution in [0.3, 0.4) is 0 Å². The van der Waals surface area contributed by atoms with E-state index in [-0.39, 0.29) is 11.9 Å². The highest BCUT2D eigenvalue weighted by Gasteiger charge is 2.22. The van der Waals surface area contributed by atoms with Crippen molar-refractivity contribution in [1.82, 2.24) is 15.1 Å². The van der Waals surface area contributed by atoms with Crippen LogP contribution in [-0.4, -0.2) is 47.3 Å². The van der Waals surface area contributed by atoms with E-state index in [4.69, 9.17) is 9.15 Å². The van der Waals surface area contributed by atoms with Crippen LogP contribution in [-0.2, 0) is 16.0 Å². The molecular weight excluding hydrogens is 294 g/mol. The Labute approximate surface area is 138 Å². The van der Waals surface area contributed by atoms with E-state index in [1.165, 1.54) is 19.3 Å². The topological polar surface area (TPSA) is 68.5 Å². The van der Waals surface area contributed by atoms with Crippen molar-refractivity contribution in [3.05, 3.63) is 11.8 Å². The average molecular weight is 323 g/mol. The molecule has 0 aromatic carbocycles. The third-order valence-electron chi connectivity index (χ3n) is 4.47. The van der Waals surface area contributed by atoms with E-state index in [1.54, 1.807) is 7.11 Å². The molecule has 130 valence electrons. The van der Waals surface area contributed by atoms with Crippen molar-refractivity contribution in [2.24, 2.45) is 0 Å². The van der Waals surface area contributed by atoms with Gasteiger partial charge in [0, 0.05) is 38.5 Å². The number of carbonyl (C=O) groups is 1. The molecule has 1 amide bonds. The number of nitrogens with zero attached hydrogens (tertiary/aromatic N) is 3. The highest BCUT2D eigenvalue weighted by atomic mass is 16.5. The van der Waals surface area contributed by atoms with Crippen LogP contribution in [0.4, 0.5) is 0 Å². The normalized spacial score (nSPS) is 16.0. The molecule has 1 fully saturated rings. The monoisotopic (exact) mass is 323 g/mol. The average Bonchev–Trinajstić information content (AvgIpc) is 3.03. The third-order valence-corrected chi connectivity index (χ3v) is 4.47. The fraction of sp³-hybridized carbons (Fsp3) is 0.824. The van der Waals surface area contributed by atoms with Gasteiger partial charge in [0.25, 0.3) is 0 Å². The first-order valence-corrected chi connectivity index (χ1v) is 8.72. The highest BCUT2D eigenvalue weighted by Crippen LogP contribution is 2.31. The van der Waals surface area contributed by atoms with E-state index in [9.17, 15) is 4.79 Å². The van der Waals surface area contributed by atoms with E-state index in [0.717, 1.165) is 18.7 Å². The van der Waals surface area contributed by atoms with Crippen LogP contribution in [0.5, 0.6) is 0 Å². The second-order valence-electron chi connectivity index (χ2n) is 6.54. The maximum Gasteiger partial charge on any atom is 0.223 e. The number of rotatable bonds is 8. The third kappa shape index (κ3) is 5.30. The molecule has 6 nitrogen and oxygen atoms in total. The van der Waals surface area contributed by atoms with Crippen molar-refractivity contribution in [1.29, 1.82) is 0 Å². The van der Waals surface area contributed by atoms with Gasteiger partial charge in [-0.15, -0.1) is 10.2 Å². The summed E-state index contributed by atoms with van der Waals surface area (Å²) in [6.07, 6.45) is 6.96. The number of hydrogen-bond acceptors (Lipinski definition) is 5. The summed E-state index contributed by atoms with van der Waals surface area (Å²) in [6, 6.07) is 0.165. The van der Waals surface area contributed by atoms with Gasteiger partial charge in [-0.25, -0.2) is 0 Å². The Kier molecular flexibility index (Phi) is 7.02. The Bertz CT molecular complexity index is 481. The number of aryl methyl sites for hydroxylation is 1. The largest absolute Gasteiger partial charge is 0.425 e. The molecule has 0 spiro atoms. The highest BCUT2D eigenvalue weighted by molar-refractivity contribution is 5.76. The number of aromatic nitrogens is 2. The van der Waals surface area contributed by atoms with Crippen molar-refractivity contribution >= 4 is 5.91 Å². The van der Waals surface area contributed by atoms with Gasteiger partial charge in [-0.1, -0.05) is 19.3 Å². The van der Waals surface area contributed by atoms with Crippen molar-refractivity contribution < 1.29 is 13.9 Å². The van der Waals surface area contributed by atoms with Crippen LogP contribution in [0.2, 0.25) is 0 Å². The van der Waals surface area contributed by atoms with Gasteiger partial charge in [-0.2, -0.15) is 0 Å². The summed E-state index contributed by atoms with van der Waals surface area (Å²) in [5, 5.41) is 8.30. The lowest BCUT2D eigenvalue weighted by Gasteiger charge is -2.26. The predicted molar refractivity (Wildman–Crippen MR) is 87.2 cm³/mol. The molecule has 23 heavy (non-hydrogen) atoms. The first-order valence-electron chi connectivity index (χ1n) is 8.72. The molecule has 0 N–H and O–H groups in total. The molecule has 0 saturated heterocycles. The SMILES string of the molecule is COCCN(C(=O)CCc1nnc(C2CCCCC2)o1)C(C)C. The quantitative estimate of drug-likeness (QED) is 0.736. The first-order chi connectivity index (χ1) is 11.1. The van der Waals surface area contributed by atoms with Crippen molar-refractivity contribution in [3.63, 3.8) is 0 Å². The minimum atomic E-state index is 0.106. The lowest BCUT2D eigenvalue weighted by Crippen LogP contribution is -2.39. The second kappa shape index (κ2) is 9.01. The van der Waals surface area contributed by atoms with Gasteiger partial charge in [-0.3, -0.25) is 4.79 Å². The Morgan fingerprint density at radius 1 is 1.30 bits per heavy atom. The lowest BCUT2D eigenvalue weighted by atomic mass is 9.89. The molecule has 0 atom stereocenters. The van der Waals surface area contributed by atoms with E-state index >= 15 is 0 Å². The van der Waals surface area contributed by atoms with Crippen LogP contribution in [0, 0.1) is 0 Å². The number of methoxy groups -OCH3 is 1. The zero-order valence-electron chi connectivity index (χ0n) is 14.6. The summed E-state index contributed by atoms with van der Waals surface area (Å²) < 4.78 is 10.8. The lowest BCUT2D eigenvalue weighted by molar-refractivity contribution is -0.133. The van der Waals surface area contributed by atoms with Gasteiger partial charge in [0.1, 0.15) is 0 Å². The zero-order valence-corrected chi connectivity index (χ0v) is 14.6. The van der Waals surface area contributed by atoms with Gasteiger partial charge in [0.05, 0.1) is 6.61 Å². The van der Waals surface area contributed by atoms with Crippen molar-refractivity contribution in [2.75, 3.05) is 20.3 Å². The Hall–Kier alpha value is -1.43. The fourth-order valence-corrected chi connectivity index (χ4v) is 3.10.